The van der Waals surface area contributed by atoms with E-state index in [1.165, 1.54) is 14.0 Å². The van der Waals surface area contributed by atoms with E-state index in [0.29, 0.717) is 17.1 Å². The molecule has 0 bridgehead atoms. The second-order valence-corrected chi connectivity index (χ2v) is 4.08. The van der Waals surface area contributed by atoms with Gasteiger partial charge in [-0.05, 0) is 25.1 Å². The Kier molecular flexibility index (Phi) is 3.96. The summed E-state index contributed by atoms with van der Waals surface area (Å²) in [5, 5.41) is 9.00. The minimum Gasteiger partial charge on any atom is -0.497 e. The van der Waals surface area contributed by atoms with Crippen molar-refractivity contribution in [2.24, 2.45) is 5.73 Å². The Bertz CT molecular complexity index is 415. The molecular weight excluding hydrogens is 222 g/mol. The van der Waals surface area contributed by atoms with Gasteiger partial charge < -0.3 is 20.3 Å². The SMILES string of the molecule is COc1ccc(OC)c(C[C@](C)(N)C(=O)O)c1. The third-order valence-corrected chi connectivity index (χ3v) is 2.53. The number of ether oxygens (including phenoxy) is 2. The molecule has 0 aliphatic rings. The van der Waals surface area contributed by atoms with Crippen LogP contribution in [-0.4, -0.2) is 30.8 Å². The molecule has 94 valence electrons. The highest BCUT2D eigenvalue weighted by Gasteiger charge is 2.29. The van der Waals surface area contributed by atoms with E-state index in [-0.39, 0.29) is 6.42 Å². The van der Waals surface area contributed by atoms with Crippen LogP contribution in [0.1, 0.15) is 12.5 Å². The van der Waals surface area contributed by atoms with E-state index < -0.39 is 11.5 Å². The maximum absolute atomic E-state index is 11.0. The average Bonchev–Trinajstić information content (AvgIpc) is 2.28. The van der Waals surface area contributed by atoms with Crippen LogP contribution >= 0.6 is 0 Å². The van der Waals surface area contributed by atoms with Gasteiger partial charge in [-0.2, -0.15) is 0 Å². The van der Waals surface area contributed by atoms with E-state index in [2.05, 4.69) is 0 Å². The monoisotopic (exact) mass is 239 g/mol. The van der Waals surface area contributed by atoms with Crippen LogP contribution in [0.5, 0.6) is 11.5 Å². The molecule has 1 rings (SSSR count). The largest absolute Gasteiger partial charge is 0.497 e. The van der Waals surface area contributed by atoms with Gasteiger partial charge in [-0.1, -0.05) is 0 Å². The lowest BCUT2D eigenvalue weighted by atomic mass is 9.93. The summed E-state index contributed by atoms with van der Waals surface area (Å²) in [4.78, 5) is 11.0. The summed E-state index contributed by atoms with van der Waals surface area (Å²) in [6.45, 7) is 1.47. The number of hydrogen-bond acceptors (Lipinski definition) is 4. The Morgan fingerprint density at radius 3 is 2.53 bits per heavy atom. The molecule has 3 N–H and O–H groups in total. The number of benzene rings is 1. The van der Waals surface area contributed by atoms with Crippen LogP contribution in [0, 0.1) is 0 Å². The minimum absolute atomic E-state index is 0.169. The molecular formula is C12H17NO4. The van der Waals surface area contributed by atoms with Gasteiger partial charge in [0.1, 0.15) is 17.0 Å². The zero-order chi connectivity index (χ0) is 13.1. The molecule has 0 aliphatic carbocycles. The zero-order valence-electron chi connectivity index (χ0n) is 10.2. The van der Waals surface area contributed by atoms with Gasteiger partial charge in [0.05, 0.1) is 14.2 Å². The maximum atomic E-state index is 11.0. The van der Waals surface area contributed by atoms with Crippen molar-refractivity contribution in [1.29, 1.82) is 0 Å². The lowest BCUT2D eigenvalue weighted by Crippen LogP contribution is -2.46. The van der Waals surface area contributed by atoms with Gasteiger partial charge in [0.25, 0.3) is 0 Å². The van der Waals surface area contributed by atoms with Gasteiger partial charge >= 0.3 is 5.97 Å². The van der Waals surface area contributed by atoms with Gasteiger partial charge in [0.15, 0.2) is 0 Å². The number of carbonyl (C=O) groups is 1. The van der Waals surface area contributed by atoms with Gasteiger partial charge in [0, 0.05) is 12.0 Å². The predicted molar refractivity (Wildman–Crippen MR) is 63.5 cm³/mol. The first kappa shape index (κ1) is 13.3. The van der Waals surface area contributed by atoms with Crippen molar-refractivity contribution in [3.05, 3.63) is 23.8 Å². The number of carboxylic acid groups (broad SMARTS) is 1. The first-order valence-corrected chi connectivity index (χ1v) is 5.14. The van der Waals surface area contributed by atoms with Crippen LogP contribution in [0.4, 0.5) is 0 Å². The number of rotatable bonds is 5. The van der Waals surface area contributed by atoms with Crippen molar-refractivity contribution in [2.75, 3.05) is 14.2 Å². The summed E-state index contributed by atoms with van der Waals surface area (Å²) >= 11 is 0. The third kappa shape index (κ3) is 3.10. The molecule has 17 heavy (non-hydrogen) atoms. The number of carboxylic acids is 1. The molecule has 1 aromatic carbocycles. The Labute approximate surface area is 100 Å². The van der Waals surface area contributed by atoms with E-state index in [1.807, 2.05) is 0 Å². The average molecular weight is 239 g/mol. The molecule has 1 atom stereocenters. The fourth-order valence-corrected chi connectivity index (χ4v) is 1.49. The molecule has 1 aromatic rings. The van der Waals surface area contributed by atoms with Gasteiger partial charge in [-0.15, -0.1) is 0 Å². The number of hydrogen-bond donors (Lipinski definition) is 2. The normalized spacial score (nSPS) is 13.9. The highest BCUT2D eigenvalue weighted by atomic mass is 16.5. The fraction of sp³-hybridized carbons (Fsp3) is 0.417. The highest BCUT2D eigenvalue weighted by Crippen LogP contribution is 2.26. The van der Waals surface area contributed by atoms with Gasteiger partial charge in [-0.3, -0.25) is 4.79 Å². The van der Waals surface area contributed by atoms with Crippen LogP contribution in [0.25, 0.3) is 0 Å². The highest BCUT2D eigenvalue weighted by molar-refractivity contribution is 5.78. The summed E-state index contributed by atoms with van der Waals surface area (Å²) < 4.78 is 10.3. The van der Waals surface area contributed by atoms with E-state index in [9.17, 15) is 4.79 Å². The van der Waals surface area contributed by atoms with E-state index >= 15 is 0 Å². The molecule has 0 amide bonds. The van der Waals surface area contributed by atoms with E-state index in [1.54, 1.807) is 25.3 Å². The van der Waals surface area contributed by atoms with Gasteiger partial charge in [0.2, 0.25) is 0 Å². The number of methoxy groups -OCH3 is 2. The van der Waals surface area contributed by atoms with Crippen molar-refractivity contribution in [3.63, 3.8) is 0 Å². The van der Waals surface area contributed by atoms with Crippen molar-refractivity contribution in [1.82, 2.24) is 0 Å². The standard InChI is InChI=1S/C12H17NO4/c1-12(13,11(14)15)7-8-6-9(16-2)4-5-10(8)17-3/h4-6H,7,13H2,1-3H3,(H,14,15)/t12-/m0/s1. The van der Waals surface area contributed by atoms with Crippen molar-refractivity contribution < 1.29 is 19.4 Å². The molecule has 0 saturated heterocycles. The number of aliphatic carboxylic acids is 1. The molecule has 0 heterocycles. The Balaban J connectivity index is 3.07. The van der Waals surface area contributed by atoms with Crippen LogP contribution in [0.15, 0.2) is 18.2 Å². The first-order valence-electron chi connectivity index (χ1n) is 5.14. The van der Waals surface area contributed by atoms with Crippen LogP contribution in [-0.2, 0) is 11.2 Å². The summed E-state index contributed by atoms with van der Waals surface area (Å²) in [6.07, 6.45) is 0.169. The fourth-order valence-electron chi connectivity index (χ4n) is 1.49. The minimum atomic E-state index is -1.33. The molecule has 0 unspecified atom stereocenters. The van der Waals surface area contributed by atoms with Gasteiger partial charge in [-0.25, -0.2) is 0 Å². The molecule has 0 spiro atoms. The zero-order valence-corrected chi connectivity index (χ0v) is 10.2. The maximum Gasteiger partial charge on any atom is 0.323 e. The van der Waals surface area contributed by atoms with Crippen LogP contribution in [0.3, 0.4) is 0 Å². The summed E-state index contributed by atoms with van der Waals surface area (Å²) in [5.74, 6) is 0.188. The Morgan fingerprint density at radius 1 is 1.41 bits per heavy atom. The van der Waals surface area contributed by atoms with Crippen molar-refractivity contribution in [3.8, 4) is 11.5 Å². The first-order chi connectivity index (χ1) is 7.90. The van der Waals surface area contributed by atoms with E-state index in [4.69, 9.17) is 20.3 Å². The topological polar surface area (TPSA) is 81.8 Å². The summed E-state index contributed by atoms with van der Waals surface area (Å²) in [7, 11) is 3.07. The smallest absolute Gasteiger partial charge is 0.323 e. The Hall–Kier alpha value is -1.75. The molecule has 0 radical (unpaired) electrons. The Morgan fingerprint density at radius 2 is 2.06 bits per heavy atom. The van der Waals surface area contributed by atoms with Crippen LogP contribution in [0.2, 0.25) is 0 Å². The second kappa shape index (κ2) is 5.05. The molecule has 0 saturated carbocycles. The molecule has 5 heteroatoms. The van der Waals surface area contributed by atoms with Crippen molar-refractivity contribution >= 4 is 5.97 Å². The third-order valence-electron chi connectivity index (χ3n) is 2.53. The van der Waals surface area contributed by atoms with Crippen molar-refractivity contribution in [2.45, 2.75) is 18.9 Å². The van der Waals surface area contributed by atoms with Crippen LogP contribution < -0.4 is 15.2 Å². The van der Waals surface area contributed by atoms with E-state index in [0.717, 1.165) is 0 Å². The summed E-state index contributed by atoms with van der Waals surface area (Å²) in [6, 6.07) is 5.20. The molecule has 0 aliphatic heterocycles. The molecule has 0 fully saturated rings. The summed E-state index contributed by atoms with van der Waals surface area (Å²) in [5.41, 5.74) is 5.08. The molecule has 5 nitrogen and oxygen atoms in total. The predicted octanol–water partition coefficient (Wildman–Crippen LogP) is 1.05. The second-order valence-electron chi connectivity index (χ2n) is 4.08. The molecule has 0 aromatic heterocycles. The quantitative estimate of drug-likeness (QED) is 0.802. The lowest BCUT2D eigenvalue weighted by Gasteiger charge is -2.20. The lowest BCUT2D eigenvalue weighted by molar-refractivity contribution is -0.142. The number of nitrogens with two attached hydrogens (primary N) is 1.